The Morgan fingerprint density at radius 2 is 2.38 bits per heavy atom. The van der Waals surface area contributed by atoms with E-state index in [1.807, 2.05) is 19.1 Å². The van der Waals surface area contributed by atoms with Crippen molar-refractivity contribution < 1.29 is 9.21 Å². The third kappa shape index (κ3) is 2.91. The van der Waals surface area contributed by atoms with Gasteiger partial charge in [-0.3, -0.25) is 4.79 Å². The number of nitrogens with one attached hydrogen (secondary N) is 1. The molecule has 1 heterocycles. The van der Waals surface area contributed by atoms with E-state index in [0.29, 0.717) is 6.54 Å². The maximum absolute atomic E-state index is 11.0. The highest BCUT2D eigenvalue weighted by Crippen LogP contribution is 2.05. The van der Waals surface area contributed by atoms with Crippen LogP contribution in [-0.2, 0) is 11.3 Å². The molecule has 1 aromatic heterocycles. The van der Waals surface area contributed by atoms with Crippen molar-refractivity contribution >= 4 is 5.91 Å². The van der Waals surface area contributed by atoms with Crippen LogP contribution in [0.4, 0.5) is 0 Å². The number of carbonyl (C=O) groups is 1. The second-order valence-electron chi connectivity index (χ2n) is 3.02. The van der Waals surface area contributed by atoms with E-state index in [1.54, 1.807) is 6.92 Å². The third-order valence-electron chi connectivity index (χ3n) is 1.65. The fourth-order valence-corrected chi connectivity index (χ4v) is 0.915. The summed E-state index contributed by atoms with van der Waals surface area (Å²) in [6.07, 6.45) is 0. The second kappa shape index (κ2) is 4.09. The summed E-state index contributed by atoms with van der Waals surface area (Å²) in [5.74, 6) is 1.41. The van der Waals surface area contributed by atoms with Gasteiger partial charge in [-0.1, -0.05) is 0 Å². The number of nitrogens with two attached hydrogens (primary N) is 1. The lowest BCUT2D eigenvalue weighted by molar-refractivity contribution is -0.122. The van der Waals surface area contributed by atoms with E-state index in [9.17, 15) is 4.79 Å². The van der Waals surface area contributed by atoms with Crippen LogP contribution in [0.5, 0.6) is 0 Å². The molecule has 0 fully saturated rings. The summed E-state index contributed by atoms with van der Waals surface area (Å²) in [7, 11) is 0. The van der Waals surface area contributed by atoms with Crippen molar-refractivity contribution in [1.29, 1.82) is 0 Å². The lowest BCUT2D eigenvalue weighted by Crippen LogP contribution is -2.37. The average molecular weight is 182 g/mol. The zero-order chi connectivity index (χ0) is 9.84. The summed E-state index contributed by atoms with van der Waals surface area (Å²) in [6, 6.07) is 3.21. The van der Waals surface area contributed by atoms with E-state index >= 15 is 0 Å². The van der Waals surface area contributed by atoms with Gasteiger partial charge in [0.05, 0.1) is 12.6 Å². The number of aryl methyl sites for hydroxylation is 1. The Balaban J connectivity index is 2.39. The predicted octanol–water partition coefficient (Wildman–Crippen LogP) is 0.551. The molecule has 0 aliphatic carbocycles. The first-order valence-corrected chi connectivity index (χ1v) is 4.18. The summed E-state index contributed by atoms with van der Waals surface area (Å²) in [5.41, 5.74) is 5.36. The fourth-order valence-electron chi connectivity index (χ4n) is 0.915. The third-order valence-corrected chi connectivity index (χ3v) is 1.65. The van der Waals surface area contributed by atoms with Crippen molar-refractivity contribution in [1.82, 2.24) is 5.32 Å². The molecule has 1 aromatic rings. The minimum atomic E-state index is -0.476. The zero-order valence-electron chi connectivity index (χ0n) is 7.83. The molecule has 1 rings (SSSR count). The first-order valence-electron chi connectivity index (χ1n) is 4.18. The molecule has 0 saturated heterocycles. The summed E-state index contributed by atoms with van der Waals surface area (Å²) in [5, 5.41) is 2.65. The predicted molar refractivity (Wildman–Crippen MR) is 48.9 cm³/mol. The Morgan fingerprint density at radius 3 is 2.85 bits per heavy atom. The zero-order valence-corrected chi connectivity index (χ0v) is 7.83. The maximum atomic E-state index is 11.0. The SMILES string of the molecule is Cc1ccc(CNC(=O)C(C)N)o1. The maximum Gasteiger partial charge on any atom is 0.237 e. The standard InChI is InChI=1S/C9H14N2O2/c1-6-3-4-8(13-6)5-11-9(12)7(2)10/h3-4,7H,5,10H2,1-2H3,(H,11,12). The highest BCUT2D eigenvalue weighted by molar-refractivity contribution is 5.80. The van der Waals surface area contributed by atoms with Gasteiger partial charge in [0.15, 0.2) is 0 Å². The van der Waals surface area contributed by atoms with Crippen LogP contribution in [0.15, 0.2) is 16.5 Å². The summed E-state index contributed by atoms with van der Waals surface area (Å²) >= 11 is 0. The molecule has 0 aliphatic heterocycles. The van der Waals surface area contributed by atoms with E-state index < -0.39 is 6.04 Å². The van der Waals surface area contributed by atoms with Gasteiger partial charge in [0.25, 0.3) is 0 Å². The molecular weight excluding hydrogens is 168 g/mol. The van der Waals surface area contributed by atoms with E-state index in [2.05, 4.69) is 5.32 Å². The Morgan fingerprint density at radius 1 is 1.69 bits per heavy atom. The molecule has 0 radical (unpaired) electrons. The van der Waals surface area contributed by atoms with Crippen molar-refractivity contribution in [3.8, 4) is 0 Å². The van der Waals surface area contributed by atoms with Crippen molar-refractivity contribution in [2.75, 3.05) is 0 Å². The van der Waals surface area contributed by atoms with Crippen molar-refractivity contribution in [3.63, 3.8) is 0 Å². The quantitative estimate of drug-likeness (QED) is 0.717. The van der Waals surface area contributed by atoms with Crippen LogP contribution < -0.4 is 11.1 Å². The molecule has 1 unspecified atom stereocenters. The molecule has 1 atom stereocenters. The van der Waals surface area contributed by atoms with Crippen LogP contribution in [0.1, 0.15) is 18.4 Å². The van der Waals surface area contributed by atoms with Crippen LogP contribution in [0.3, 0.4) is 0 Å². The normalized spacial score (nSPS) is 12.5. The van der Waals surface area contributed by atoms with Gasteiger partial charge in [-0.25, -0.2) is 0 Å². The number of carbonyl (C=O) groups excluding carboxylic acids is 1. The van der Waals surface area contributed by atoms with Crippen LogP contribution in [0, 0.1) is 6.92 Å². The molecule has 3 N–H and O–H groups in total. The summed E-state index contributed by atoms with van der Waals surface area (Å²) in [6.45, 7) is 3.90. The Bertz CT molecular complexity index is 292. The van der Waals surface area contributed by atoms with Crippen LogP contribution in [-0.4, -0.2) is 11.9 Å². The lowest BCUT2D eigenvalue weighted by atomic mass is 10.3. The number of rotatable bonds is 3. The minimum absolute atomic E-state index is 0.172. The monoisotopic (exact) mass is 182 g/mol. The average Bonchev–Trinajstić information content (AvgIpc) is 2.47. The number of furan rings is 1. The van der Waals surface area contributed by atoms with E-state index in [1.165, 1.54) is 0 Å². The van der Waals surface area contributed by atoms with E-state index in [4.69, 9.17) is 10.2 Å². The van der Waals surface area contributed by atoms with Gasteiger partial charge in [0.2, 0.25) is 5.91 Å². The molecule has 0 spiro atoms. The highest BCUT2D eigenvalue weighted by atomic mass is 16.3. The van der Waals surface area contributed by atoms with Crippen LogP contribution in [0.25, 0.3) is 0 Å². The van der Waals surface area contributed by atoms with Gasteiger partial charge in [0.1, 0.15) is 11.5 Å². The first-order chi connectivity index (χ1) is 6.09. The smallest absolute Gasteiger partial charge is 0.237 e. The van der Waals surface area contributed by atoms with E-state index in [0.717, 1.165) is 11.5 Å². The van der Waals surface area contributed by atoms with Crippen molar-refractivity contribution in [2.24, 2.45) is 5.73 Å². The molecular formula is C9H14N2O2. The molecule has 4 heteroatoms. The number of hydrogen-bond donors (Lipinski definition) is 2. The summed E-state index contributed by atoms with van der Waals surface area (Å²) < 4.78 is 5.26. The van der Waals surface area contributed by atoms with E-state index in [-0.39, 0.29) is 5.91 Å². The second-order valence-corrected chi connectivity index (χ2v) is 3.02. The molecule has 0 saturated carbocycles. The minimum Gasteiger partial charge on any atom is -0.465 e. The molecule has 1 amide bonds. The topological polar surface area (TPSA) is 68.3 Å². The fraction of sp³-hybridized carbons (Fsp3) is 0.444. The van der Waals surface area contributed by atoms with Crippen molar-refractivity contribution in [2.45, 2.75) is 26.4 Å². The molecule has 72 valence electrons. The first kappa shape index (κ1) is 9.80. The van der Waals surface area contributed by atoms with Gasteiger partial charge in [-0.05, 0) is 26.0 Å². The molecule has 4 nitrogen and oxygen atoms in total. The van der Waals surface area contributed by atoms with Gasteiger partial charge in [0, 0.05) is 0 Å². The molecule has 0 bridgehead atoms. The molecule has 0 aliphatic rings. The Kier molecular flexibility index (Phi) is 3.08. The largest absolute Gasteiger partial charge is 0.465 e. The Hall–Kier alpha value is -1.29. The molecule has 13 heavy (non-hydrogen) atoms. The van der Waals surface area contributed by atoms with Gasteiger partial charge in [-0.15, -0.1) is 0 Å². The number of amides is 1. The summed E-state index contributed by atoms with van der Waals surface area (Å²) in [4.78, 5) is 11.0. The van der Waals surface area contributed by atoms with Gasteiger partial charge in [-0.2, -0.15) is 0 Å². The van der Waals surface area contributed by atoms with Gasteiger partial charge >= 0.3 is 0 Å². The van der Waals surface area contributed by atoms with Crippen LogP contribution in [0.2, 0.25) is 0 Å². The van der Waals surface area contributed by atoms with Gasteiger partial charge < -0.3 is 15.5 Å². The van der Waals surface area contributed by atoms with Crippen LogP contribution >= 0.6 is 0 Å². The van der Waals surface area contributed by atoms with Crippen molar-refractivity contribution in [3.05, 3.63) is 23.7 Å². The lowest BCUT2D eigenvalue weighted by Gasteiger charge is -2.05. The molecule has 0 aromatic carbocycles. The highest BCUT2D eigenvalue weighted by Gasteiger charge is 2.07. The Labute approximate surface area is 77.1 Å². The number of hydrogen-bond acceptors (Lipinski definition) is 3.